The Morgan fingerprint density at radius 1 is 1.22 bits per heavy atom. The van der Waals surface area contributed by atoms with E-state index < -0.39 is 0 Å². The number of fused-ring (bicyclic) bond motifs is 3. The van der Waals surface area contributed by atoms with E-state index in [0.29, 0.717) is 28.2 Å². The van der Waals surface area contributed by atoms with Gasteiger partial charge in [-0.1, -0.05) is 0 Å². The fourth-order valence-electron chi connectivity index (χ4n) is 1.91. The molecule has 0 saturated carbocycles. The van der Waals surface area contributed by atoms with Gasteiger partial charge in [-0.05, 0) is 6.07 Å². The SMILES string of the molecule is COc1cc2c(=O)[nH]c3nncn3c2cc1OC. The smallest absolute Gasteiger partial charge is 0.260 e. The number of ether oxygens (including phenoxy) is 2. The summed E-state index contributed by atoms with van der Waals surface area (Å²) in [4.78, 5) is 14.6. The summed E-state index contributed by atoms with van der Waals surface area (Å²) in [7, 11) is 3.06. The molecule has 0 spiro atoms. The van der Waals surface area contributed by atoms with E-state index in [-0.39, 0.29) is 5.56 Å². The van der Waals surface area contributed by atoms with Crippen molar-refractivity contribution in [3.05, 3.63) is 28.8 Å². The molecule has 7 heteroatoms. The van der Waals surface area contributed by atoms with E-state index in [2.05, 4.69) is 15.2 Å². The molecule has 18 heavy (non-hydrogen) atoms. The highest BCUT2D eigenvalue weighted by molar-refractivity contribution is 5.83. The Labute approximate surface area is 101 Å². The summed E-state index contributed by atoms with van der Waals surface area (Å²) in [5.41, 5.74) is 0.419. The molecule has 0 radical (unpaired) electrons. The molecular formula is C11H10N4O3. The third-order valence-electron chi connectivity index (χ3n) is 2.78. The number of hydrogen-bond acceptors (Lipinski definition) is 5. The van der Waals surface area contributed by atoms with Crippen molar-refractivity contribution in [2.24, 2.45) is 0 Å². The van der Waals surface area contributed by atoms with Gasteiger partial charge < -0.3 is 9.47 Å². The lowest BCUT2D eigenvalue weighted by Gasteiger charge is -2.09. The molecule has 1 N–H and O–H groups in total. The Morgan fingerprint density at radius 2 is 1.94 bits per heavy atom. The third kappa shape index (κ3) is 1.33. The first-order valence-corrected chi connectivity index (χ1v) is 5.22. The van der Waals surface area contributed by atoms with Gasteiger partial charge in [0.1, 0.15) is 6.33 Å². The molecular weight excluding hydrogens is 236 g/mol. The first kappa shape index (κ1) is 10.6. The van der Waals surface area contributed by atoms with Gasteiger partial charge in [-0.2, -0.15) is 0 Å². The van der Waals surface area contributed by atoms with Crippen LogP contribution in [-0.2, 0) is 0 Å². The van der Waals surface area contributed by atoms with Gasteiger partial charge in [-0.25, -0.2) is 0 Å². The molecule has 3 aromatic rings. The van der Waals surface area contributed by atoms with Crippen LogP contribution in [0.2, 0.25) is 0 Å². The maximum absolute atomic E-state index is 11.9. The molecule has 92 valence electrons. The average Bonchev–Trinajstić information content (AvgIpc) is 2.85. The highest BCUT2D eigenvalue weighted by atomic mass is 16.5. The van der Waals surface area contributed by atoms with Crippen molar-refractivity contribution < 1.29 is 9.47 Å². The lowest BCUT2D eigenvalue weighted by molar-refractivity contribution is 0.355. The zero-order valence-corrected chi connectivity index (χ0v) is 9.80. The highest BCUT2D eigenvalue weighted by Crippen LogP contribution is 2.30. The van der Waals surface area contributed by atoms with Gasteiger partial charge in [0.15, 0.2) is 11.5 Å². The number of nitrogens with zero attached hydrogens (tertiary/aromatic N) is 3. The first-order chi connectivity index (χ1) is 8.74. The molecule has 0 unspecified atom stereocenters. The maximum atomic E-state index is 11.9. The fourth-order valence-corrected chi connectivity index (χ4v) is 1.91. The molecule has 0 bridgehead atoms. The molecule has 0 aliphatic heterocycles. The summed E-state index contributed by atoms with van der Waals surface area (Å²) < 4.78 is 12.1. The Kier molecular flexibility index (Phi) is 2.19. The second-order valence-electron chi connectivity index (χ2n) is 3.70. The minimum Gasteiger partial charge on any atom is -0.493 e. The third-order valence-corrected chi connectivity index (χ3v) is 2.78. The van der Waals surface area contributed by atoms with Crippen LogP contribution < -0.4 is 15.0 Å². The molecule has 1 aromatic carbocycles. The van der Waals surface area contributed by atoms with Crippen molar-refractivity contribution in [1.82, 2.24) is 19.6 Å². The highest BCUT2D eigenvalue weighted by Gasteiger charge is 2.11. The van der Waals surface area contributed by atoms with Crippen molar-refractivity contribution in [2.45, 2.75) is 0 Å². The van der Waals surface area contributed by atoms with Crippen LogP contribution in [0.1, 0.15) is 0 Å². The number of benzene rings is 1. The van der Waals surface area contributed by atoms with Crippen LogP contribution in [0.15, 0.2) is 23.3 Å². The quantitative estimate of drug-likeness (QED) is 0.715. The summed E-state index contributed by atoms with van der Waals surface area (Å²) in [5, 5.41) is 8.06. The zero-order valence-electron chi connectivity index (χ0n) is 9.80. The molecule has 3 rings (SSSR count). The van der Waals surface area contributed by atoms with E-state index >= 15 is 0 Å². The zero-order chi connectivity index (χ0) is 12.7. The minimum atomic E-state index is -0.244. The number of aromatic nitrogens is 4. The van der Waals surface area contributed by atoms with E-state index in [9.17, 15) is 4.79 Å². The Bertz CT molecular complexity index is 790. The van der Waals surface area contributed by atoms with Gasteiger partial charge in [0.25, 0.3) is 5.56 Å². The number of H-pyrrole nitrogens is 1. The van der Waals surface area contributed by atoms with E-state index in [4.69, 9.17) is 9.47 Å². The van der Waals surface area contributed by atoms with Gasteiger partial charge >= 0.3 is 0 Å². The Morgan fingerprint density at radius 3 is 2.67 bits per heavy atom. The fraction of sp³-hybridized carbons (Fsp3) is 0.182. The molecule has 2 heterocycles. The summed E-state index contributed by atoms with van der Waals surface area (Å²) in [6, 6.07) is 3.35. The Hall–Kier alpha value is -2.57. The maximum Gasteiger partial charge on any atom is 0.260 e. The van der Waals surface area contributed by atoms with Crippen LogP contribution in [0.5, 0.6) is 11.5 Å². The van der Waals surface area contributed by atoms with Crippen LogP contribution in [0.3, 0.4) is 0 Å². The molecule has 0 atom stereocenters. The second-order valence-corrected chi connectivity index (χ2v) is 3.70. The number of hydrogen-bond donors (Lipinski definition) is 1. The van der Waals surface area contributed by atoms with Crippen molar-refractivity contribution in [2.75, 3.05) is 14.2 Å². The van der Waals surface area contributed by atoms with Crippen molar-refractivity contribution in [3.63, 3.8) is 0 Å². The number of methoxy groups -OCH3 is 2. The Balaban J connectivity index is 2.52. The standard InChI is InChI=1S/C11H10N4O3/c1-17-8-3-6-7(4-9(8)18-2)15-5-12-14-11(15)13-10(6)16/h3-5H,1-2H3,(H,13,14,16). The predicted molar refractivity (Wildman–Crippen MR) is 64.2 cm³/mol. The largest absolute Gasteiger partial charge is 0.493 e. The first-order valence-electron chi connectivity index (χ1n) is 5.22. The number of nitrogens with one attached hydrogen (secondary N) is 1. The van der Waals surface area contributed by atoms with Crippen molar-refractivity contribution >= 4 is 16.7 Å². The molecule has 0 aliphatic carbocycles. The van der Waals surface area contributed by atoms with Crippen LogP contribution >= 0.6 is 0 Å². The normalized spacial score (nSPS) is 11.0. The molecule has 0 amide bonds. The average molecular weight is 246 g/mol. The molecule has 7 nitrogen and oxygen atoms in total. The monoisotopic (exact) mass is 246 g/mol. The van der Waals surface area contributed by atoms with Crippen LogP contribution in [0.4, 0.5) is 0 Å². The van der Waals surface area contributed by atoms with Crippen LogP contribution in [-0.4, -0.2) is 33.8 Å². The van der Waals surface area contributed by atoms with Gasteiger partial charge in [0.05, 0.1) is 25.1 Å². The van der Waals surface area contributed by atoms with Crippen LogP contribution in [0, 0.1) is 0 Å². The molecule has 0 fully saturated rings. The second kappa shape index (κ2) is 3.73. The molecule has 2 aromatic heterocycles. The topological polar surface area (TPSA) is 81.5 Å². The van der Waals surface area contributed by atoms with E-state index in [1.165, 1.54) is 13.4 Å². The van der Waals surface area contributed by atoms with Gasteiger partial charge in [0.2, 0.25) is 5.78 Å². The van der Waals surface area contributed by atoms with Gasteiger partial charge in [0, 0.05) is 6.07 Å². The number of rotatable bonds is 2. The molecule has 0 aliphatic rings. The van der Waals surface area contributed by atoms with Crippen molar-refractivity contribution in [3.8, 4) is 11.5 Å². The minimum absolute atomic E-state index is 0.244. The lowest BCUT2D eigenvalue weighted by atomic mass is 10.2. The van der Waals surface area contributed by atoms with E-state index in [0.717, 1.165) is 0 Å². The summed E-state index contributed by atoms with van der Waals surface area (Å²) in [6.07, 6.45) is 1.53. The van der Waals surface area contributed by atoms with E-state index in [1.807, 2.05) is 0 Å². The predicted octanol–water partition coefficient (Wildman–Crippen LogP) is 0.588. The van der Waals surface area contributed by atoms with E-state index in [1.54, 1.807) is 23.6 Å². The summed E-state index contributed by atoms with van der Waals surface area (Å²) >= 11 is 0. The van der Waals surface area contributed by atoms with Gasteiger partial charge in [-0.3, -0.25) is 14.2 Å². The van der Waals surface area contributed by atoms with Gasteiger partial charge in [-0.15, -0.1) is 10.2 Å². The summed E-state index contributed by atoms with van der Waals surface area (Å²) in [5.74, 6) is 1.44. The summed E-state index contributed by atoms with van der Waals surface area (Å²) in [6.45, 7) is 0. The lowest BCUT2D eigenvalue weighted by Crippen LogP contribution is -2.10. The molecule has 0 saturated heterocycles. The number of aromatic amines is 1. The van der Waals surface area contributed by atoms with Crippen molar-refractivity contribution in [1.29, 1.82) is 0 Å². The van der Waals surface area contributed by atoms with Crippen LogP contribution in [0.25, 0.3) is 16.7 Å².